The van der Waals surface area contributed by atoms with Crippen molar-refractivity contribution in [3.63, 3.8) is 0 Å². The van der Waals surface area contributed by atoms with Crippen LogP contribution in [0.25, 0.3) is 21.9 Å². The van der Waals surface area contributed by atoms with Gasteiger partial charge < -0.3 is 4.74 Å². The third-order valence-electron chi connectivity index (χ3n) is 6.93. The smallest absolute Gasteiger partial charge is 0.399 e. The molecule has 34 heavy (non-hydrogen) atoms. The lowest BCUT2D eigenvalue weighted by atomic mass is 9.78. The molecule has 0 spiro atoms. The average Bonchev–Trinajstić information content (AvgIpc) is 2.80. The van der Waals surface area contributed by atoms with Crippen LogP contribution >= 0.6 is 0 Å². The van der Waals surface area contributed by atoms with Gasteiger partial charge in [-0.3, -0.25) is 0 Å². The molecule has 182 valence electrons. The van der Waals surface area contributed by atoms with E-state index in [0.717, 1.165) is 24.3 Å². The van der Waals surface area contributed by atoms with Crippen molar-refractivity contribution in [2.75, 3.05) is 0 Å². The Morgan fingerprint density at radius 3 is 2.12 bits per heavy atom. The molecule has 3 aromatic rings. The van der Waals surface area contributed by atoms with Crippen LogP contribution in [0.5, 0.6) is 5.75 Å². The molecule has 0 aromatic heterocycles. The van der Waals surface area contributed by atoms with Crippen molar-refractivity contribution in [1.29, 1.82) is 0 Å². The van der Waals surface area contributed by atoms with Crippen molar-refractivity contribution in [2.45, 2.75) is 58.2 Å². The summed E-state index contributed by atoms with van der Waals surface area (Å²) in [6.45, 7) is 2.25. The first-order chi connectivity index (χ1) is 16.1. The maximum atomic E-state index is 15.2. The fraction of sp³-hybridized carbons (Fsp3) is 0.407. The van der Waals surface area contributed by atoms with Gasteiger partial charge in [0.25, 0.3) is 0 Å². The van der Waals surface area contributed by atoms with Gasteiger partial charge >= 0.3 is 6.36 Å². The molecule has 1 fully saturated rings. The molecule has 0 aliphatic heterocycles. The van der Waals surface area contributed by atoms with E-state index in [1.807, 2.05) is 12.1 Å². The standard InChI is InChI=1S/C27H26F6O/c1-2-16-3-5-17(6-4-16)7-8-18-9-11-21-19(13-18)10-12-22(25(21)30)20-14-23(28)26(24(29)15-20)34-27(31,32)33/h9-17H,2-8H2,1H3/t16-,17-. The van der Waals surface area contributed by atoms with E-state index in [9.17, 15) is 22.0 Å². The predicted octanol–water partition coefficient (Wildman–Crippen LogP) is 8.97. The fourth-order valence-corrected chi connectivity index (χ4v) is 4.95. The SMILES string of the molecule is CC[C@H]1CC[C@H](CCc2ccc3c(F)c(-c4cc(F)c(OC(F)(F)F)c(F)c4)ccc3c2)CC1. The molecule has 7 heteroatoms. The van der Waals surface area contributed by atoms with Gasteiger partial charge in [0.1, 0.15) is 5.82 Å². The second-order valence-electron chi connectivity index (χ2n) is 9.13. The summed E-state index contributed by atoms with van der Waals surface area (Å²) in [5, 5.41) is 0.938. The van der Waals surface area contributed by atoms with Gasteiger partial charge in [-0.25, -0.2) is 13.2 Å². The van der Waals surface area contributed by atoms with Crippen molar-refractivity contribution in [3.8, 4) is 16.9 Å². The molecule has 4 rings (SSSR count). The molecule has 0 N–H and O–H groups in total. The second-order valence-corrected chi connectivity index (χ2v) is 9.13. The van der Waals surface area contributed by atoms with Crippen LogP contribution in [-0.2, 0) is 6.42 Å². The molecule has 0 unspecified atom stereocenters. The van der Waals surface area contributed by atoms with Crippen molar-refractivity contribution in [1.82, 2.24) is 0 Å². The minimum atomic E-state index is -5.25. The molecule has 0 radical (unpaired) electrons. The molecule has 1 nitrogen and oxygen atoms in total. The van der Waals surface area contributed by atoms with Crippen LogP contribution in [0.2, 0.25) is 0 Å². The zero-order valence-corrected chi connectivity index (χ0v) is 18.8. The van der Waals surface area contributed by atoms with Crippen molar-refractivity contribution in [3.05, 3.63) is 65.5 Å². The highest BCUT2D eigenvalue weighted by molar-refractivity contribution is 5.88. The summed E-state index contributed by atoms with van der Waals surface area (Å²) in [6, 6.07) is 9.72. The van der Waals surface area contributed by atoms with Crippen LogP contribution in [0.3, 0.4) is 0 Å². The van der Waals surface area contributed by atoms with Crippen LogP contribution in [0.15, 0.2) is 42.5 Å². The van der Waals surface area contributed by atoms with E-state index < -0.39 is 29.6 Å². The molecular formula is C27H26F6O. The highest BCUT2D eigenvalue weighted by Gasteiger charge is 2.34. The molecule has 0 heterocycles. The number of aryl methyl sites for hydroxylation is 1. The molecule has 1 saturated carbocycles. The highest BCUT2D eigenvalue weighted by Crippen LogP contribution is 2.36. The first-order valence-corrected chi connectivity index (χ1v) is 11.6. The van der Waals surface area contributed by atoms with Crippen molar-refractivity contribution < 1.29 is 31.1 Å². The Morgan fingerprint density at radius 1 is 0.853 bits per heavy atom. The van der Waals surface area contributed by atoms with Gasteiger partial charge in [0.15, 0.2) is 11.6 Å². The van der Waals surface area contributed by atoms with E-state index in [0.29, 0.717) is 23.4 Å². The van der Waals surface area contributed by atoms with Crippen LogP contribution in [-0.4, -0.2) is 6.36 Å². The summed E-state index contributed by atoms with van der Waals surface area (Å²) in [6.07, 6.45) is 3.08. The summed E-state index contributed by atoms with van der Waals surface area (Å²) >= 11 is 0. The van der Waals surface area contributed by atoms with E-state index in [4.69, 9.17) is 0 Å². The van der Waals surface area contributed by atoms with Gasteiger partial charge in [0.2, 0.25) is 5.75 Å². The number of ether oxygens (including phenoxy) is 1. The molecule has 0 atom stereocenters. The summed E-state index contributed by atoms with van der Waals surface area (Å²) in [4.78, 5) is 0. The van der Waals surface area contributed by atoms with E-state index >= 15 is 4.39 Å². The van der Waals surface area contributed by atoms with Gasteiger partial charge in [-0.2, -0.15) is 0 Å². The number of hydrogen-bond donors (Lipinski definition) is 0. The summed E-state index contributed by atoms with van der Waals surface area (Å²) in [7, 11) is 0. The molecule has 1 aliphatic rings. The van der Waals surface area contributed by atoms with Gasteiger partial charge in [0, 0.05) is 10.9 Å². The number of fused-ring (bicyclic) bond motifs is 1. The van der Waals surface area contributed by atoms with Gasteiger partial charge in [-0.15, -0.1) is 13.2 Å². The Labute approximate surface area is 194 Å². The summed E-state index contributed by atoms with van der Waals surface area (Å²) in [5.74, 6) is -3.81. The average molecular weight is 480 g/mol. The van der Waals surface area contributed by atoms with Crippen LogP contribution in [0.1, 0.15) is 51.0 Å². The largest absolute Gasteiger partial charge is 0.573 e. The first kappa shape index (κ1) is 24.4. The van der Waals surface area contributed by atoms with Gasteiger partial charge in [0.05, 0.1) is 0 Å². The van der Waals surface area contributed by atoms with Crippen molar-refractivity contribution >= 4 is 10.8 Å². The zero-order valence-electron chi connectivity index (χ0n) is 18.8. The van der Waals surface area contributed by atoms with Crippen molar-refractivity contribution in [2.24, 2.45) is 11.8 Å². The molecule has 0 amide bonds. The van der Waals surface area contributed by atoms with E-state index in [1.165, 1.54) is 38.2 Å². The highest BCUT2D eigenvalue weighted by atomic mass is 19.4. The van der Waals surface area contributed by atoms with E-state index in [-0.39, 0.29) is 16.5 Å². The normalized spacial score (nSPS) is 18.9. The molecule has 0 saturated heterocycles. The summed E-state index contributed by atoms with van der Waals surface area (Å²) in [5.41, 5.74) is 0.781. The molecule has 0 bridgehead atoms. The lowest BCUT2D eigenvalue weighted by molar-refractivity contribution is -0.276. The quantitative estimate of drug-likeness (QED) is 0.320. The van der Waals surface area contributed by atoms with Crippen LogP contribution in [0, 0.1) is 29.3 Å². The lowest BCUT2D eigenvalue weighted by Crippen LogP contribution is -2.19. The monoisotopic (exact) mass is 480 g/mol. The van der Waals surface area contributed by atoms with E-state index in [1.54, 1.807) is 12.1 Å². The second kappa shape index (κ2) is 9.88. The predicted molar refractivity (Wildman–Crippen MR) is 120 cm³/mol. The third kappa shape index (κ3) is 5.50. The third-order valence-corrected chi connectivity index (χ3v) is 6.93. The van der Waals surface area contributed by atoms with E-state index in [2.05, 4.69) is 11.7 Å². The van der Waals surface area contributed by atoms with Crippen LogP contribution < -0.4 is 4.74 Å². The maximum absolute atomic E-state index is 15.2. The Bertz CT molecular complexity index is 1140. The Balaban J connectivity index is 1.53. The lowest BCUT2D eigenvalue weighted by Gasteiger charge is -2.27. The number of alkyl halides is 3. The number of rotatable bonds is 6. The maximum Gasteiger partial charge on any atom is 0.573 e. The zero-order chi connectivity index (χ0) is 24.5. The number of benzene rings is 3. The first-order valence-electron chi connectivity index (χ1n) is 11.6. The Hall–Kier alpha value is -2.70. The topological polar surface area (TPSA) is 9.23 Å². The Kier molecular flexibility index (Phi) is 7.10. The summed E-state index contributed by atoms with van der Waals surface area (Å²) < 4.78 is 84.0. The minimum Gasteiger partial charge on any atom is -0.399 e. The number of halogens is 6. The Morgan fingerprint density at radius 2 is 1.50 bits per heavy atom. The fourth-order valence-electron chi connectivity index (χ4n) is 4.95. The van der Waals surface area contributed by atoms with Gasteiger partial charge in [-0.05, 0) is 53.3 Å². The molecule has 1 aliphatic carbocycles. The minimum absolute atomic E-state index is 0.107. The van der Waals surface area contributed by atoms with Gasteiger partial charge in [-0.1, -0.05) is 69.4 Å². The van der Waals surface area contributed by atoms with Crippen LogP contribution in [0.4, 0.5) is 26.3 Å². The molecular weight excluding hydrogens is 454 g/mol. The molecule has 3 aromatic carbocycles. The number of hydrogen-bond acceptors (Lipinski definition) is 1.